The lowest BCUT2D eigenvalue weighted by molar-refractivity contribution is -0.139. The number of amides is 4. The van der Waals surface area contributed by atoms with E-state index < -0.39 is 70.8 Å². The third kappa shape index (κ3) is 9.07. The Balaban J connectivity index is 1.49. The minimum Gasteiger partial charge on any atom is -0.393 e. The largest absolute Gasteiger partial charge is 0.418 e. The van der Waals surface area contributed by atoms with Gasteiger partial charge in [0.2, 0.25) is 23.6 Å². The number of hydrogen-bond acceptors (Lipinski definition) is 5. The van der Waals surface area contributed by atoms with E-state index >= 15 is 0 Å². The molecular formula is C40H51F4N5O5. The first-order valence-electron chi connectivity index (χ1n) is 18.9. The van der Waals surface area contributed by atoms with Crippen molar-refractivity contribution in [3.63, 3.8) is 0 Å². The lowest BCUT2D eigenvalue weighted by atomic mass is 9.78. The summed E-state index contributed by atoms with van der Waals surface area (Å²) >= 11 is 0. The number of carbonyl (C=O) groups is 4. The second-order valence-electron chi connectivity index (χ2n) is 15.1. The van der Waals surface area contributed by atoms with Gasteiger partial charge in [-0.05, 0) is 73.6 Å². The van der Waals surface area contributed by atoms with Crippen molar-refractivity contribution in [1.82, 2.24) is 26.3 Å². The average Bonchev–Trinajstić information content (AvgIpc) is 3.51. The maximum atomic E-state index is 14.7. The molecule has 1 aromatic heterocycles. The number of aliphatic hydroxyl groups is 1. The Bertz CT molecular complexity index is 1840. The first-order chi connectivity index (χ1) is 25.6. The molecule has 1 fully saturated rings. The van der Waals surface area contributed by atoms with E-state index in [1.807, 2.05) is 20.8 Å². The Morgan fingerprint density at radius 1 is 0.907 bits per heavy atom. The summed E-state index contributed by atoms with van der Waals surface area (Å²) in [4.78, 5) is 59.0. The number of aromatic amines is 1. The highest BCUT2D eigenvalue weighted by Gasteiger charge is 2.47. The predicted molar refractivity (Wildman–Crippen MR) is 195 cm³/mol. The Labute approximate surface area is 312 Å². The monoisotopic (exact) mass is 757 g/mol. The number of aliphatic hydroxyl groups excluding tert-OH is 1. The van der Waals surface area contributed by atoms with Crippen molar-refractivity contribution >= 4 is 34.5 Å². The molecule has 6 N–H and O–H groups in total. The fourth-order valence-electron chi connectivity index (χ4n) is 7.61. The number of alkyl halides is 3. The van der Waals surface area contributed by atoms with E-state index in [0.29, 0.717) is 49.8 Å². The summed E-state index contributed by atoms with van der Waals surface area (Å²) in [5, 5.41) is 21.8. The number of benzene rings is 2. The zero-order valence-corrected chi connectivity index (χ0v) is 31.2. The van der Waals surface area contributed by atoms with Gasteiger partial charge in [-0.2, -0.15) is 13.2 Å². The van der Waals surface area contributed by atoms with Gasteiger partial charge in [0.25, 0.3) is 0 Å². The molecule has 0 bridgehead atoms. The summed E-state index contributed by atoms with van der Waals surface area (Å²) < 4.78 is 56.6. The van der Waals surface area contributed by atoms with Gasteiger partial charge < -0.3 is 31.4 Å². The zero-order chi connectivity index (χ0) is 39.4. The number of nitrogens with one attached hydrogen (secondary N) is 5. The Kier molecular flexibility index (Phi) is 12.8. The third-order valence-corrected chi connectivity index (χ3v) is 11.4. The number of aryl methyl sites for hydroxylation is 1. The van der Waals surface area contributed by atoms with Crippen LogP contribution in [0.3, 0.4) is 0 Å². The second-order valence-corrected chi connectivity index (χ2v) is 15.1. The molecule has 5 atom stereocenters. The Hall–Kier alpha value is -4.46. The fraction of sp³-hybridized carbons (Fsp3) is 0.550. The van der Waals surface area contributed by atoms with Crippen molar-refractivity contribution in [3.8, 4) is 0 Å². The Morgan fingerprint density at radius 3 is 2.19 bits per heavy atom. The first-order valence-corrected chi connectivity index (χ1v) is 18.9. The molecule has 0 spiro atoms. The molecule has 10 nitrogen and oxygen atoms in total. The summed E-state index contributed by atoms with van der Waals surface area (Å²) in [6.45, 7) is 7.28. The number of para-hydroxylation sites is 1. The van der Waals surface area contributed by atoms with Crippen LogP contribution in [0.2, 0.25) is 0 Å². The van der Waals surface area contributed by atoms with Gasteiger partial charge >= 0.3 is 6.18 Å². The zero-order valence-electron chi connectivity index (χ0n) is 31.2. The average molecular weight is 758 g/mol. The van der Waals surface area contributed by atoms with Crippen LogP contribution in [0.1, 0.15) is 95.0 Å². The molecule has 0 aliphatic heterocycles. The highest BCUT2D eigenvalue weighted by atomic mass is 19.4. The SMILES string of the molecule is CCC(C)[C@H](NC(=O)Cc1ccccc1F)C(=O)N[C@]1(C(=O)NC(C(=O)NC2CCC(O)CC2)[C@@H](C)CC)CCc2[nH]c3c(C(F)(F)F)cccc3c2C1. The molecule has 3 aromatic rings. The van der Waals surface area contributed by atoms with E-state index in [2.05, 4.69) is 26.3 Å². The molecule has 294 valence electrons. The maximum absolute atomic E-state index is 14.7. The van der Waals surface area contributed by atoms with Crippen LogP contribution in [0.4, 0.5) is 17.6 Å². The van der Waals surface area contributed by atoms with Crippen molar-refractivity contribution in [2.75, 3.05) is 0 Å². The second kappa shape index (κ2) is 16.9. The van der Waals surface area contributed by atoms with Crippen molar-refractivity contribution in [3.05, 3.63) is 70.7 Å². The lowest BCUT2D eigenvalue weighted by Gasteiger charge is -2.40. The number of carbonyl (C=O) groups excluding carboxylic acids is 4. The van der Waals surface area contributed by atoms with E-state index in [1.54, 1.807) is 13.0 Å². The normalized spacial score (nSPS) is 22.3. The molecule has 2 aliphatic carbocycles. The van der Waals surface area contributed by atoms with Gasteiger partial charge in [-0.3, -0.25) is 19.2 Å². The molecule has 2 aromatic carbocycles. The molecule has 2 unspecified atom stereocenters. The summed E-state index contributed by atoms with van der Waals surface area (Å²) in [6.07, 6.45) is -2.28. The standard InChI is InChI=1S/C40H51F4N5O5/c1-5-22(3)33(36(52)45-25-14-16-26(50)17-15-25)48-38(54)39(19-18-31-28(21-39)27-11-9-12-29(35(27)46-31)40(42,43)44)49-37(53)34(23(4)6-2)47-32(51)20-24-10-7-8-13-30(24)41/h7-13,22-23,25-26,33-34,46,50H,5-6,14-21H2,1-4H3,(H,45,52)(H,47,51)(H,48,54)(H,49,53)/t22-,23?,25?,26?,33?,34-,39+/m0/s1. The maximum Gasteiger partial charge on any atom is 0.418 e. The van der Waals surface area contributed by atoms with Crippen LogP contribution in [-0.4, -0.2) is 63.5 Å². The predicted octanol–water partition coefficient (Wildman–Crippen LogP) is 5.39. The topological polar surface area (TPSA) is 152 Å². The first kappa shape index (κ1) is 40.7. The highest BCUT2D eigenvalue weighted by Crippen LogP contribution is 2.40. The fourth-order valence-corrected chi connectivity index (χ4v) is 7.61. The minimum absolute atomic E-state index is 0.0164. The van der Waals surface area contributed by atoms with Gasteiger partial charge in [0, 0.05) is 23.5 Å². The van der Waals surface area contributed by atoms with Crippen LogP contribution in [0.5, 0.6) is 0 Å². The minimum atomic E-state index is -4.65. The van der Waals surface area contributed by atoms with Gasteiger partial charge in [-0.15, -0.1) is 0 Å². The van der Waals surface area contributed by atoms with Crippen LogP contribution in [0, 0.1) is 17.7 Å². The summed E-state index contributed by atoms with van der Waals surface area (Å²) in [5.74, 6) is -3.71. The molecule has 0 radical (unpaired) electrons. The van der Waals surface area contributed by atoms with Crippen LogP contribution < -0.4 is 21.3 Å². The van der Waals surface area contributed by atoms with Gasteiger partial charge in [-0.1, -0.05) is 70.9 Å². The molecular weight excluding hydrogens is 706 g/mol. The van der Waals surface area contributed by atoms with Crippen LogP contribution in [0.15, 0.2) is 42.5 Å². The van der Waals surface area contributed by atoms with Crippen molar-refractivity contribution in [1.29, 1.82) is 0 Å². The molecule has 4 amide bonds. The lowest BCUT2D eigenvalue weighted by Crippen LogP contribution is -2.67. The molecule has 54 heavy (non-hydrogen) atoms. The van der Waals surface area contributed by atoms with Crippen LogP contribution in [0.25, 0.3) is 10.9 Å². The smallest absolute Gasteiger partial charge is 0.393 e. The van der Waals surface area contributed by atoms with Crippen molar-refractivity contribution in [2.24, 2.45) is 11.8 Å². The molecule has 2 aliphatic rings. The highest BCUT2D eigenvalue weighted by molar-refractivity contribution is 5.99. The molecule has 1 heterocycles. The Morgan fingerprint density at radius 2 is 1.56 bits per heavy atom. The van der Waals surface area contributed by atoms with Crippen molar-refractivity contribution in [2.45, 2.75) is 128 Å². The van der Waals surface area contributed by atoms with Crippen molar-refractivity contribution < 1.29 is 41.8 Å². The van der Waals surface area contributed by atoms with Gasteiger partial charge in [0.1, 0.15) is 23.4 Å². The summed E-state index contributed by atoms with van der Waals surface area (Å²) in [7, 11) is 0. The number of rotatable bonds is 13. The molecule has 0 saturated heterocycles. The molecule has 14 heteroatoms. The van der Waals surface area contributed by atoms with Gasteiger partial charge in [0.15, 0.2) is 0 Å². The van der Waals surface area contributed by atoms with E-state index in [0.717, 1.165) is 6.07 Å². The van der Waals surface area contributed by atoms with Crippen LogP contribution >= 0.6 is 0 Å². The summed E-state index contributed by atoms with van der Waals surface area (Å²) in [5.41, 5.74) is -1.61. The van der Waals surface area contributed by atoms with E-state index in [-0.39, 0.29) is 54.1 Å². The number of aromatic nitrogens is 1. The van der Waals surface area contributed by atoms with E-state index in [9.17, 15) is 41.8 Å². The number of halogens is 4. The molecule has 1 saturated carbocycles. The quantitative estimate of drug-likeness (QED) is 0.129. The van der Waals surface area contributed by atoms with E-state index in [4.69, 9.17) is 0 Å². The van der Waals surface area contributed by atoms with Gasteiger partial charge in [0.05, 0.1) is 23.6 Å². The molecule has 5 rings (SSSR count). The number of fused-ring (bicyclic) bond motifs is 3. The summed E-state index contributed by atoms with van der Waals surface area (Å²) in [6, 6.07) is 7.28. The van der Waals surface area contributed by atoms with E-state index in [1.165, 1.54) is 30.3 Å². The van der Waals surface area contributed by atoms with Crippen LogP contribution in [-0.2, 0) is 44.6 Å². The number of H-pyrrole nitrogens is 1. The number of hydrogen-bond donors (Lipinski definition) is 6. The third-order valence-electron chi connectivity index (χ3n) is 11.4. The van der Waals surface area contributed by atoms with Gasteiger partial charge in [-0.25, -0.2) is 4.39 Å².